The molecule has 8 heteroatoms. The lowest BCUT2D eigenvalue weighted by atomic mass is 10.0. The molecule has 1 heterocycles. The number of alkyl carbamates (subject to hydrolysis) is 1. The van der Waals surface area contributed by atoms with E-state index in [0.29, 0.717) is 42.3 Å². The van der Waals surface area contributed by atoms with E-state index >= 15 is 0 Å². The van der Waals surface area contributed by atoms with E-state index < -0.39 is 17.7 Å². The number of ether oxygens (including phenoxy) is 3. The molecule has 182 valence electrons. The minimum atomic E-state index is -0.689. The smallest absolute Gasteiger partial charge is 0.407 e. The van der Waals surface area contributed by atoms with Crippen molar-refractivity contribution in [3.8, 4) is 11.5 Å². The van der Waals surface area contributed by atoms with Crippen molar-refractivity contribution >= 4 is 17.9 Å². The van der Waals surface area contributed by atoms with Gasteiger partial charge in [-0.25, -0.2) is 4.79 Å². The van der Waals surface area contributed by atoms with Gasteiger partial charge in [0.2, 0.25) is 0 Å². The Labute approximate surface area is 200 Å². The molecule has 1 unspecified atom stereocenters. The van der Waals surface area contributed by atoms with Gasteiger partial charge < -0.3 is 19.5 Å². The van der Waals surface area contributed by atoms with Gasteiger partial charge in [0.25, 0.3) is 11.8 Å². The number of hydrogen-bond donors (Lipinski definition) is 1. The minimum absolute atomic E-state index is 0.00275. The highest BCUT2D eigenvalue weighted by Gasteiger charge is 2.37. The third kappa shape index (κ3) is 6.07. The topological polar surface area (TPSA) is 94.2 Å². The zero-order valence-electron chi connectivity index (χ0n) is 20.3. The van der Waals surface area contributed by atoms with Gasteiger partial charge >= 0.3 is 6.09 Å². The molecule has 3 rings (SSSR count). The SMILES string of the molecule is CCOc1ccc(CC(CN2C(=O)c3ccccc3C2=O)NC(=O)OC(C)(C)C)cc1OCC. The molecule has 0 fully saturated rings. The van der Waals surface area contributed by atoms with Crippen molar-refractivity contribution in [1.29, 1.82) is 0 Å². The van der Waals surface area contributed by atoms with Crippen molar-refractivity contribution in [2.24, 2.45) is 0 Å². The normalized spacial score (nSPS) is 14.0. The minimum Gasteiger partial charge on any atom is -0.490 e. The summed E-state index contributed by atoms with van der Waals surface area (Å²) in [6.45, 7) is 10.1. The van der Waals surface area contributed by atoms with E-state index in [0.717, 1.165) is 5.56 Å². The Bertz CT molecular complexity index is 1020. The molecular weight excluding hydrogens is 436 g/mol. The van der Waals surface area contributed by atoms with Gasteiger partial charge in [-0.3, -0.25) is 14.5 Å². The number of rotatable bonds is 9. The summed E-state index contributed by atoms with van der Waals surface area (Å²) in [5, 5.41) is 2.83. The summed E-state index contributed by atoms with van der Waals surface area (Å²) in [5.74, 6) is 0.472. The monoisotopic (exact) mass is 468 g/mol. The number of imide groups is 1. The molecular formula is C26H32N2O6. The molecule has 0 saturated carbocycles. The number of nitrogens with one attached hydrogen (secondary N) is 1. The van der Waals surface area contributed by atoms with E-state index in [-0.39, 0.29) is 18.4 Å². The Kier molecular flexibility index (Phi) is 7.81. The Morgan fingerprint density at radius 3 is 2.09 bits per heavy atom. The Morgan fingerprint density at radius 2 is 1.53 bits per heavy atom. The first kappa shape index (κ1) is 25.1. The van der Waals surface area contributed by atoms with E-state index in [4.69, 9.17) is 14.2 Å². The fraction of sp³-hybridized carbons (Fsp3) is 0.423. The molecule has 1 aliphatic rings. The lowest BCUT2D eigenvalue weighted by molar-refractivity contribution is 0.0468. The molecule has 1 aliphatic heterocycles. The van der Waals surface area contributed by atoms with Crippen LogP contribution in [0.4, 0.5) is 4.79 Å². The highest BCUT2D eigenvalue weighted by Crippen LogP contribution is 2.29. The molecule has 0 aromatic heterocycles. The first-order valence-electron chi connectivity index (χ1n) is 11.5. The number of nitrogens with zero attached hydrogens (tertiary/aromatic N) is 1. The van der Waals surface area contributed by atoms with Crippen LogP contribution in [0.15, 0.2) is 42.5 Å². The van der Waals surface area contributed by atoms with Crippen LogP contribution in [0.2, 0.25) is 0 Å². The number of benzene rings is 2. The van der Waals surface area contributed by atoms with E-state index in [2.05, 4.69) is 5.32 Å². The van der Waals surface area contributed by atoms with E-state index in [9.17, 15) is 14.4 Å². The van der Waals surface area contributed by atoms with Crippen LogP contribution < -0.4 is 14.8 Å². The highest BCUT2D eigenvalue weighted by molar-refractivity contribution is 6.21. The number of carbonyl (C=O) groups is 3. The van der Waals surface area contributed by atoms with Crippen molar-refractivity contribution in [2.45, 2.75) is 52.7 Å². The van der Waals surface area contributed by atoms with Crippen LogP contribution in [0.5, 0.6) is 11.5 Å². The Balaban J connectivity index is 1.84. The number of hydrogen-bond acceptors (Lipinski definition) is 6. The molecule has 0 aliphatic carbocycles. The van der Waals surface area contributed by atoms with E-state index in [1.807, 2.05) is 32.0 Å². The molecule has 1 atom stereocenters. The van der Waals surface area contributed by atoms with Gasteiger partial charge in [0.1, 0.15) is 5.60 Å². The molecule has 0 bridgehead atoms. The largest absolute Gasteiger partial charge is 0.490 e. The second kappa shape index (κ2) is 10.6. The third-order valence-corrected chi connectivity index (χ3v) is 5.09. The van der Waals surface area contributed by atoms with Crippen molar-refractivity contribution in [2.75, 3.05) is 19.8 Å². The second-order valence-electron chi connectivity index (χ2n) is 8.96. The quantitative estimate of drug-likeness (QED) is 0.554. The van der Waals surface area contributed by atoms with E-state index in [1.165, 1.54) is 4.90 Å². The summed E-state index contributed by atoms with van der Waals surface area (Å²) in [5.41, 5.74) is 0.891. The van der Waals surface area contributed by atoms with Crippen molar-refractivity contribution < 1.29 is 28.6 Å². The standard InChI is InChI=1S/C26H32N2O6/c1-6-32-21-13-12-17(15-22(21)33-7-2)14-18(27-25(31)34-26(3,4)5)16-28-23(29)19-10-8-9-11-20(19)24(28)30/h8-13,15,18H,6-7,14,16H2,1-5H3,(H,27,31). The zero-order valence-corrected chi connectivity index (χ0v) is 20.3. The van der Waals surface area contributed by atoms with E-state index in [1.54, 1.807) is 45.0 Å². The molecule has 3 amide bonds. The van der Waals surface area contributed by atoms with Crippen LogP contribution in [0.3, 0.4) is 0 Å². The number of amides is 3. The molecule has 2 aromatic carbocycles. The van der Waals surface area contributed by atoms with Crippen LogP contribution in [-0.2, 0) is 11.2 Å². The maximum atomic E-state index is 12.9. The lowest BCUT2D eigenvalue weighted by Crippen LogP contribution is -2.48. The van der Waals surface area contributed by atoms with Crippen molar-refractivity contribution in [3.05, 3.63) is 59.2 Å². The lowest BCUT2D eigenvalue weighted by Gasteiger charge is -2.26. The first-order valence-corrected chi connectivity index (χ1v) is 11.5. The molecule has 34 heavy (non-hydrogen) atoms. The average Bonchev–Trinajstić information content (AvgIpc) is 2.99. The van der Waals surface area contributed by atoms with Gasteiger partial charge in [-0.15, -0.1) is 0 Å². The van der Waals surface area contributed by atoms with Gasteiger partial charge in [-0.05, 0) is 70.9 Å². The van der Waals surface area contributed by atoms with Crippen LogP contribution in [0, 0.1) is 0 Å². The van der Waals surface area contributed by atoms with Crippen LogP contribution in [0.25, 0.3) is 0 Å². The highest BCUT2D eigenvalue weighted by atomic mass is 16.6. The summed E-state index contributed by atoms with van der Waals surface area (Å²) in [6, 6.07) is 11.7. The predicted octanol–water partition coefficient (Wildman–Crippen LogP) is 4.22. The maximum Gasteiger partial charge on any atom is 0.407 e. The summed E-state index contributed by atoms with van der Waals surface area (Å²) in [7, 11) is 0. The molecule has 2 aromatic rings. The van der Waals surface area contributed by atoms with Gasteiger partial charge in [0, 0.05) is 0 Å². The molecule has 0 radical (unpaired) electrons. The molecule has 0 saturated heterocycles. The van der Waals surface area contributed by atoms with Crippen molar-refractivity contribution in [1.82, 2.24) is 10.2 Å². The molecule has 1 N–H and O–H groups in total. The summed E-state index contributed by atoms with van der Waals surface area (Å²) in [6.07, 6.45) is -0.274. The van der Waals surface area contributed by atoms with Crippen LogP contribution >= 0.6 is 0 Å². The third-order valence-electron chi connectivity index (χ3n) is 5.09. The van der Waals surface area contributed by atoms with Gasteiger partial charge in [0.05, 0.1) is 36.9 Å². The zero-order chi connectivity index (χ0) is 24.9. The Hall–Kier alpha value is -3.55. The van der Waals surface area contributed by atoms with Crippen LogP contribution in [0.1, 0.15) is 60.9 Å². The Morgan fingerprint density at radius 1 is 0.941 bits per heavy atom. The van der Waals surface area contributed by atoms with Gasteiger partial charge in [-0.1, -0.05) is 18.2 Å². The maximum absolute atomic E-state index is 12.9. The predicted molar refractivity (Wildman–Crippen MR) is 127 cm³/mol. The number of fused-ring (bicyclic) bond motifs is 1. The van der Waals surface area contributed by atoms with Crippen LogP contribution in [-0.4, -0.2) is 54.2 Å². The summed E-state index contributed by atoms with van der Waals surface area (Å²) < 4.78 is 16.8. The summed E-state index contributed by atoms with van der Waals surface area (Å²) >= 11 is 0. The fourth-order valence-electron chi connectivity index (χ4n) is 3.77. The molecule has 8 nitrogen and oxygen atoms in total. The average molecular weight is 469 g/mol. The van der Waals surface area contributed by atoms with Gasteiger partial charge in [-0.2, -0.15) is 0 Å². The summed E-state index contributed by atoms with van der Waals surface area (Å²) in [4.78, 5) is 39.5. The first-order chi connectivity index (χ1) is 16.1. The van der Waals surface area contributed by atoms with Gasteiger partial charge in [0.15, 0.2) is 11.5 Å². The molecule has 0 spiro atoms. The number of carbonyl (C=O) groups excluding carboxylic acids is 3. The second-order valence-corrected chi connectivity index (χ2v) is 8.96. The van der Waals surface area contributed by atoms with Crippen molar-refractivity contribution in [3.63, 3.8) is 0 Å². The fourth-order valence-corrected chi connectivity index (χ4v) is 3.77.